The molecule has 0 unspecified atom stereocenters. The third kappa shape index (κ3) is 5.16. The SMILES string of the molecule is O=C(Nc1cc(Sc2ccccn2)cc([N+](=O)[O-])c1)c1cn(-c2ccccc2)nc1-c1ccccc1. The highest BCUT2D eigenvalue weighted by molar-refractivity contribution is 7.99. The van der Waals surface area contributed by atoms with E-state index in [1.165, 1.54) is 23.9 Å². The number of nitrogens with one attached hydrogen (secondary N) is 1. The zero-order chi connectivity index (χ0) is 24.9. The van der Waals surface area contributed by atoms with Gasteiger partial charge >= 0.3 is 0 Å². The van der Waals surface area contributed by atoms with Crippen molar-refractivity contribution in [2.24, 2.45) is 0 Å². The van der Waals surface area contributed by atoms with Crippen molar-refractivity contribution >= 4 is 29.0 Å². The lowest BCUT2D eigenvalue weighted by Crippen LogP contribution is -2.12. The second-order valence-electron chi connectivity index (χ2n) is 7.73. The van der Waals surface area contributed by atoms with Gasteiger partial charge in [-0.1, -0.05) is 66.4 Å². The monoisotopic (exact) mass is 493 g/mol. The Labute approximate surface area is 210 Å². The van der Waals surface area contributed by atoms with Gasteiger partial charge in [0.15, 0.2) is 0 Å². The number of nitrogens with zero attached hydrogens (tertiary/aromatic N) is 4. The summed E-state index contributed by atoms with van der Waals surface area (Å²) in [4.78, 5) is 29.4. The number of non-ortho nitro benzene ring substituents is 1. The number of amides is 1. The van der Waals surface area contributed by atoms with Crippen molar-refractivity contribution in [3.63, 3.8) is 0 Å². The molecule has 2 heterocycles. The van der Waals surface area contributed by atoms with E-state index in [2.05, 4.69) is 15.4 Å². The molecule has 0 aliphatic heterocycles. The summed E-state index contributed by atoms with van der Waals surface area (Å²) in [7, 11) is 0. The van der Waals surface area contributed by atoms with Crippen molar-refractivity contribution in [1.82, 2.24) is 14.8 Å². The Morgan fingerprint density at radius 2 is 1.64 bits per heavy atom. The second kappa shape index (κ2) is 10.2. The molecular weight excluding hydrogens is 474 g/mol. The lowest BCUT2D eigenvalue weighted by Gasteiger charge is -2.08. The summed E-state index contributed by atoms with van der Waals surface area (Å²) in [5, 5.41) is 19.7. The summed E-state index contributed by atoms with van der Waals surface area (Å²) in [5.74, 6) is -0.426. The van der Waals surface area contributed by atoms with Crippen LogP contribution in [0.2, 0.25) is 0 Å². The molecule has 5 aromatic rings. The van der Waals surface area contributed by atoms with Gasteiger partial charge in [0, 0.05) is 40.7 Å². The molecule has 3 aromatic carbocycles. The number of rotatable bonds is 7. The van der Waals surface area contributed by atoms with Gasteiger partial charge in [0.25, 0.3) is 11.6 Å². The van der Waals surface area contributed by atoms with E-state index in [-0.39, 0.29) is 5.69 Å². The molecule has 1 N–H and O–H groups in total. The third-order valence-electron chi connectivity index (χ3n) is 5.25. The number of carbonyl (C=O) groups is 1. The maximum absolute atomic E-state index is 13.5. The first-order chi connectivity index (χ1) is 17.6. The van der Waals surface area contributed by atoms with Crippen LogP contribution in [0, 0.1) is 10.1 Å². The maximum atomic E-state index is 13.5. The van der Waals surface area contributed by atoms with Crippen LogP contribution in [0.5, 0.6) is 0 Å². The Hall–Kier alpha value is -4.76. The summed E-state index contributed by atoms with van der Waals surface area (Å²) in [5.41, 5.74) is 2.61. The standard InChI is InChI=1S/C27H19N5O3S/c33-27(29-20-15-22(32(34)35)17-23(16-20)36-25-13-7-8-14-28-25)24-18-31(21-11-5-2-6-12-21)30-26(24)19-9-3-1-4-10-19/h1-18H,(H,29,33). The average molecular weight is 494 g/mol. The van der Waals surface area contributed by atoms with E-state index in [1.807, 2.05) is 72.8 Å². The Kier molecular flexibility index (Phi) is 6.55. The van der Waals surface area contributed by atoms with Crippen molar-refractivity contribution in [2.45, 2.75) is 9.92 Å². The molecule has 36 heavy (non-hydrogen) atoms. The van der Waals surface area contributed by atoms with Gasteiger partial charge in [-0.25, -0.2) is 9.67 Å². The van der Waals surface area contributed by atoms with Crippen LogP contribution >= 0.6 is 11.8 Å². The fourth-order valence-electron chi connectivity index (χ4n) is 3.61. The normalized spacial score (nSPS) is 10.7. The maximum Gasteiger partial charge on any atom is 0.272 e. The number of anilines is 1. The van der Waals surface area contributed by atoms with Gasteiger partial charge in [0.1, 0.15) is 10.7 Å². The van der Waals surface area contributed by atoms with Crippen LogP contribution in [0.1, 0.15) is 10.4 Å². The van der Waals surface area contributed by atoms with Crippen LogP contribution in [-0.2, 0) is 0 Å². The van der Waals surface area contributed by atoms with Crippen LogP contribution < -0.4 is 5.32 Å². The number of nitro groups is 1. The summed E-state index contributed by atoms with van der Waals surface area (Å²) in [6.07, 6.45) is 3.31. The molecule has 0 atom stereocenters. The van der Waals surface area contributed by atoms with E-state index in [0.29, 0.717) is 26.9 Å². The number of pyridine rings is 1. The van der Waals surface area contributed by atoms with E-state index >= 15 is 0 Å². The average Bonchev–Trinajstić information content (AvgIpc) is 3.36. The minimum absolute atomic E-state index is 0.130. The Bertz CT molecular complexity index is 1520. The van der Waals surface area contributed by atoms with E-state index in [1.54, 1.807) is 29.2 Å². The molecule has 5 rings (SSSR count). The lowest BCUT2D eigenvalue weighted by atomic mass is 10.1. The lowest BCUT2D eigenvalue weighted by molar-refractivity contribution is -0.385. The highest BCUT2D eigenvalue weighted by Gasteiger charge is 2.20. The fraction of sp³-hybridized carbons (Fsp3) is 0. The van der Waals surface area contributed by atoms with Gasteiger partial charge in [-0.15, -0.1) is 0 Å². The number of nitro benzene ring substituents is 1. The predicted molar refractivity (Wildman–Crippen MR) is 138 cm³/mol. The van der Waals surface area contributed by atoms with Crippen LogP contribution in [0.15, 0.2) is 119 Å². The van der Waals surface area contributed by atoms with Gasteiger partial charge in [0.05, 0.1) is 16.2 Å². The highest BCUT2D eigenvalue weighted by Crippen LogP contribution is 2.32. The quantitative estimate of drug-likeness (QED) is 0.212. The molecule has 0 aliphatic carbocycles. The van der Waals surface area contributed by atoms with Crippen molar-refractivity contribution in [2.75, 3.05) is 5.32 Å². The predicted octanol–water partition coefficient (Wildman–Crippen LogP) is 6.25. The van der Waals surface area contributed by atoms with Gasteiger partial charge < -0.3 is 5.32 Å². The van der Waals surface area contributed by atoms with Gasteiger partial charge in [-0.3, -0.25) is 14.9 Å². The third-order valence-corrected chi connectivity index (χ3v) is 6.17. The molecule has 2 aromatic heterocycles. The Morgan fingerprint density at radius 1 is 0.917 bits per heavy atom. The number of carbonyl (C=O) groups excluding carboxylic acids is 1. The fourth-order valence-corrected chi connectivity index (χ4v) is 4.48. The minimum atomic E-state index is -0.485. The van der Waals surface area contributed by atoms with E-state index < -0.39 is 10.8 Å². The number of para-hydroxylation sites is 1. The van der Waals surface area contributed by atoms with Crippen molar-refractivity contribution in [3.8, 4) is 16.9 Å². The minimum Gasteiger partial charge on any atom is -0.322 e. The summed E-state index contributed by atoms with van der Waals surface area (Å²) in [6.45, 7) is 0. The van der Waals surface area contributed by atoms with Crippen molar-refractivity contribution in [1.29, 1.82) is 0 Å². The molecule has 1 amide bonds. The largest absolute Gasteiger partial charge is 0.322 e. The van der Waals surface area contributed by atoms with Crippen molar-refractivity contribution < 1.29 is 9.72 Å². The van der Waals surface area contributed by atoms with E-state index in [4.69, 9.17) is 0 Å². The Morgan fingerprint density at radius 3 is 2.33 bits per heavy atom. The van der Waals surface area contributed by atoms with Crippen LogP contribution in [0.25, 0.3) is 16.9 Å². The smallest absolute Gasteiger partial charge is 0.272 e. The molecule has 176 valence electrons. The Balaban J connectivity index is 1.51. The van der Waals surface area contributed by atoms with Gasteiger partial charge in [-0.2, -0.15) is 5.10 Å². The molecule has 0 saturated carbocycles. The summed E-state index contributed by atoms with van der Waals surface area (Å²) < 4.78 is 1.65. The molecule has 0 aliphatic rings. The number of benzene rings is 3. The molecule has 0 radical (unpaired) electrons. The zero-order valence-corrected chi connectivity index (χ0v) is 19.6. The van der Waals surface area contributed by atoms with E-state index in [9.17, 15) is 14.9 Å². The zero-order valence-electron chi connectivity index (χ0n) is 18.8. The summed E-state index contributed by atoms with van der Waals surface area (Å²) >= 11 is 1.27. The molecule has 0 fully saturated rings. The molecule has 9 heteroatoms. The molecule has 8 nitrogen and oxygen atoms in total. The van der Waals surface area contributed by atoms with Crippen LogP contribution in [0.3, 0.4) is 0 Å². The molecule has 0 saturated heterocycles. The number of aromatic nitrogens is 3. The van der Waals surface area contributed by atoms with Crippen LogP contribution in [-0.4, -0.2) is 25.6 Å². The van der Waals surface area contributed by atoms with Crippen molar-refractivity contribution in [3.05, 3.63) is 125 Å². The van der Waals surface area contributed by atoms with E-state index in [0.717, 1.165) is 11.3 Å². The first-order valence-electron chi connectivity index (χ1n) is 11.0. The van der Waals surface area contributed by atoms with Gasteiger partial charge in [-0.05, 0) is 30.3 Å². The molecule has 0 spiro atoms. The molecule has 0 bridgehead atoms. The second-order valence-corrected chi connectivity index (χ2v) is 8.83. The highest BCUT2D eigenvalue weighted by atomic mass is 32.2. The molecular formula is C27H19N5O3S. The first kappa shape index (κ1) is 23.0. The number of hydrogen-bond donors (Lipinski definition) is 1. The number of hydrogen-bond acceptors (Lipinski definition) is 6. The topological polar surface area (TPSA) is 103 Å². The van der Waals surface area contributed by atoms with Crippen LogP contribution in [0.4, 0.5) is 11.4 Å². The first-order valence-corrected chi connectivity index (χ1v) is 11.8. The summed E-state index contributed by atoms with van der Waals surface area (Å²) in [6, 6.07) is 28.8. The van der Waals surface area contributed by atoms with Gasteiger partial charge in [0.2, 0.25) is 0 Å².